The summed E-state index contributed by atoms with van der Waals surface area (Å²) in [7, 11) is 2.96. The quantitative estimate of drug-likeness (QED) is 0.199. The van der Waals surface area contributed by atoms with Gasteiger partial charge in [-0.05, 0) is 74.7 Å². The molecule has 10 nitrogen and oxygen atoms in total. The largest absolute Gasteiger partial charge is 0.497 e. The molecule has 0 N–H and O–H groups in total. The van der Waals surface area contributed by atoms with Gasteiger partial charge in [0.25, 0.3) is 0 Å². The van der Waals surface area contributed by atoms with E-state index >= 15 is 0 Å². The van der Waals surface area contributed by atoms with Crippen molar-refractivity contribution in [3.63, 3.8) is 0 Å². The molecule has 0 spiro atoms. The van der Waals surface area contributed by atoms with Crippen LogP contribution in [0, 0.1) is 0 Å². The summed E-state index contributed by atoms with van der Waals surface area (Å²) in [5.41, 5.74) is 0.0587. The number of ether oxygens (including phenoxy) is 5. The van der Waals surface area contributed by atoms with Crippen LogP contribution in [0.2, 0.25) is 0 Å². The topological polar surface area (TPSA) is 128 Å². The predicted octanol–water partition coefficient (Wildman–Crippen LogP) is 6.26. The minimum Gasteiger partial charge on any atom is -0.497 e. The van der Waals surface area contributed by atoms with Gasteiger partial charge in [0, 0.05) is 31.4 Å². The first-order valence-electron chi connectivity index (χ1n) is 11.5. The molecule has 2 aromatic carbocycles. The van der Waals surface area contributed by atoms with Crippen molar-refractivity contribution in [3.05, 3.63) is 67.6 Å². The van der Waals surface area contributed by atoms with E-state index in [1.54, 1.807) is 31.2 Å². The Hall–Kier alpha value is -3.90. The molecule has 40 heavy (non-hydrogen) atoms. The van der Waals surface area contributed by atoms with Gasteiger partial charge in [-0.15, -0.1) is 0 Å². The van der Waals surface area contributed by atoms with Crippen LogP contribution in [-0.4, -0.2) is 38.7 Å². The molecule has 212 valence electrons. The minimum absolute atomic E-state index is 0.0906. The molecular weight excluding hydrogens is 656 g/mol. The van der Waals surface area contributed by atoms with Crippen molar-refractivity contribution >= 4 is 72.7 Å². The molecule has 12 heteroatoms. The van der Waals surface area contributed by atoms with Crippen LogP contribution in [-0.2, 0) is 14.3 Å². The van der Waals surface area contributed by atoms with Crippen LogP contribution in [0.5, 0.6) is 23.0 Å². The molecule has 0 radical (unpaired) electrons. The monoisotopic (exact) mass is 680 g/mol. The number of halogens is 2. The van der Waals surface area contributed by atoms with Gasteiger partial charge in [0.15, 0.2) is 0 Å². The summed E-state index contributed by atoms with van der Waals surface area (Å²) in [6, 6.07) is 7.86. The number of methoxy groups -OCH3 is 2. The highest BCUT2D eigenvalue weighted by Gasteiger charge is 2.21. The summed E-state index contributed by atoms with van der Waals surface area (Å²) < 4.78 is 31.0. The summed E-state index contributed by atoms with van der Waals surface area (Å²) >= 11 is 6.46. The molecule has 0 aliphatic heterocycles. The number of rotatable bonds is 8. The fraction of sp³-hybridized carbons (Fsp3) is 0.214. The molecule has 0 fully saturated rings. The highest BCUT2D eigenvalue weighted by Crippen LogP contribution is 2.33. The molecule has 1 aromatic heterocycles. The average Bonchev–Trinajstić information content (AvgIpc) is 2.87. The van der Waals surface area contributed by atoms with Crippen LogP contribution in [0.1, 0.15) is 42.5 Å². The van der Waals surface area contributed by atoms with Crippen molar-refractivity contribution in [2.75, 3.05) is 20.8 Å². The molecule has 3 aromatic rings. The van der Waals surface area contributed by atoms with E-state index in [0.29, 0.717) is 31.6 Å². The summed E-state index contributed by atoms with van der Waals surface area (Å²) in [6.07, 6.45) is 3.06. The molecule has 0 bridgehead atoms. The molecule has 0 atom stereocenters. The average molecular weight is 682 g/mol. The van der Waals surface area contributed by atoms with Crippen molar-refractivity contribution in [2.24, 2.45) is 0 Å². The number of carbonyl (C=O) groups excluding carboxylic acids is 3. The van der Waals surface area contributed by atoms with E-state index in [2.05, 4.69) is 38.4 Å². The second-order valence-corrected chi connectivity index (χ2v) is 10.4. The van der Waals surface area contributed by atoms with Crippen LogP contribution in [0.15, 0.2) is 49.5 Å². The third-order valence-electron chi connectivity index (χ3n) is 4.85. The molecule has 0 amide bonds. The molecule has 0 saturated heterocycles. The van der Waals surface area contributed by atoms with Gasteiger partial charge in [-0.25, -0.2) is 9.59 Å². The summed E-state index contributed by atoms with van der Waals surface area (Å²) in [5, 5.41) is 0.753. The van der Waals surface area contributed by atoms with E-state index in [4.69, 9.17) is 28.1 Å². The van der Waals surface area contributed by atoms with Crippen LogP contribution < -0.4 is 24.6 Å². The van der Waals surface area contributed by atoms with Gasteiger partial charge in [0.1, 0.15) is 39.7 Å². The number of esters is 3. The normalized spacial score (nSPS) is 9.97. The number of carbonyl (C=O) groups is 3. The van der Waals surface area contributed by atoms with Gasteiger partial charge in [-0.2, -0.15) is 0 Å². The molecule has 0 aliphatic carbocycles. The Morgan fingerprint density at radius 1 is 0.925 bits per heavy atom. The van der Waals surface area contributed by atoms with Crippen molar-refractivity contribution < 1.29 is 42.5 Å². The zero-order chi connectivity index (χ0) is 30.0. The maximum atomic E-state index is 12.1. The zero-order valence-electron chi connectivity index (χ0n) is 22.3. The number of hydrogen-bond acceptors (Lipinski definition) is 10. The van der Waals surface area contributed by atoms with Crippen molar-refractivity contribution in [1.29, 1.82) is 0 Å². The Kier molecular flexibility index (Phi) is 12.1. The first-order chi connectivity index (χ1) is 18.9. The Bertz CT molecular complexity index is 1520. The zero-order valence-corrected chi connectivity index (χ0v) is 25.5. The van der Waals surface area contributed by atoms with Gasteiger partial charge in [-0.3, -0.25) is 9.59 Å². The molecule has 0 saturated carbocycles. The molecule has 3 rings (SSSR count). The highest BCUT2D eigenvalue weighted by molar-refractivity contribution is 9.28. The van der Waals surface area contributed by atoms with E-state index in [1.807, 2.05) is 0 Å². The smallest absolute Gasteiger partial charge is 0.347 e. The Morgan fingerprint density at radius 2 is 1.50 bits per heavy atom. The number of fused-ring (bicyclic) bond motifs is 1. The van der Waals surface area contributed by atoms with E-state index in [0.717, 1.165) is 0 Å². The first kappa shape index (κ1) is 32.3. The lowest BCUT2D eigenvalue weighted by Gasteiger charge is -2.13. The van der Waals surface area contributed by atoms with Gasteiger partial charge >= 0.3 is 23.5 Å². The lowest BCUT2D eigenvalue weighted by Crippen LogP contribution is -2.12. The summed E-state index contributed by atoms with van der Waals surface area (Å²) in [4.78, 5) is 46.4. The summed E-state index contributed by atoms with van der Waals surface area (Å²) in [5.74, 6) is -0.179. The fourth-order valence-electron chi connectivity index (χ4n) is 3.35. The maximum Gasteiger partial charge on any atom is 0.347 e. The molecular formula is C28H26Br2O10. The van der Waals surface area contributed by atoms with Crippen molar-refractivity contribution in [3.8, 4) is 23.0 Å². The molecule has 0 unspecified atom stereocenters. The van der Waals surface area contributed by atoms with Crippen molar-refractivity contribution in [1.82, 2.24) is 0 Å². The fourth-order valence-corrected chi connectivity index (χ4v) is 3.85. The van der Waals surface area contributed by atoms with Crippen LogP contribution in [0.25, 0.3) is 22.9 Å². The maximum absolute atomic E-state index is 12.1. The lowest BCUT2D eigenvalue weighted by molar-refractivity contribution is -0.132. The predicted molar refractivity (Wildman–Crippen MR) is 157 cm³/mol. The third-order valence-corrected chi connectivity index (χ3v) is 5.31. The van der Waals surface area contributed by atoms with Crippen molar-refractivity contribution in [2.45, 2.75) is 20.8 Å². The van der Waals surface area contributed by atoms with E-state index in [9.17, 15) is 19.2 Å². The summed E-state index contributed by atoms with van der Waals surface area (Å²) in [6.45, 7) is 7.96. The molecule has 0 aliphatic rings. The second-order valence-electron chi connectivity index (χ2n) is 7.66. The Balaban J connectivity index is 0.000000281. The van der Waals surface area contributed by atoms with Crippen LogP contribution >= 0.6 is 31.9 Å². The SMILES string of the molecule is C=Cc1cc2cc(OC)cc(OC(C)=O)c2c(=O)o1.CCOC(=O)c1c(C=C(Br)Br)cc(OC)cc1OC(C)=O. The molecule has 1 heterocycles. The minimum atomic E-state index is -0.591. The standard InChI is InChI=1S/C14H14Br2O5.C14H12O5/c1-4-20-14(18)13-9(6-12(15)16)5-10(19-3)7-11(13)21-8(2)17;1-4-10-5-9-6-11(17-3)7-12(18-8(2)15)13(9)14(16)19-10/h5-7H,4H2,1-3H3;4-7H,1H2,2-3H3. The lowest BCUT2D eigenvalue weighted by atomic mass is 10.1. The van der Waals surface area contributed by atoms with Gasteiger partial charge in [0.05, 0.1) is 24.2 Å². The number of benzene rings is 2. The third kappa shape index (κ3) is 8.82. The Morgan fingerprint density at radius 3 is 2.02 bits per heavy atom. The highest BCUT2D eigenvalue weighted by atomic mass is 79.9. The van der Waals surface area contributed by atoms with Crippen LogP contribution in [0.4, 0.5) is 0 Å². The van der Waals surface area contributed by atoms with E-state index in [1.165, 1.54) is 46.3 Å². The first-order valence-corrected chi connectivity index (χ1v) is 13.1. The van der Waals surface area contributed by atoms with Gasteiger partial charge < -0.3 is 28.1 Å². The van der Waals surface area contributed by atoms with Gasteiger partial charge in [0.2, 0.25) is 0 Å². The number of hydrogen-bond donors (Lipinski definition) is 0. The van der Waals surface area contributed by atoms with Crippen LogP contribution in [0.3, 0.4) is 0 Å². The van der Waals surface area contributed by atoms with E-state index < -0.39 is 23.5 Å². The van der Waals surface area contributed by atoms with Gasteiger partial charge in [-0.1, -0.05) is 6.58 Å². The second kappa shape index (κ2) is 15.0. The van der Waals surface area contributed by atoms with E-state index in [-0.39, 0.29) is 29.1 Å². The Labute approximate surface area is 246 Å².